The lowest BCUT2D eigenvalue weighted by Crippen LogP contribution is -2.29. The van der Waals surface area contributed by atoms with Crippen molar-refractivity contribution in [2.45, 2.75) is 13.0 Å². The van der Waals surface area contributed by atoms with Crippen LogP contribution < -0.4 is 19.1 Å². The molecule has 0 bridgehead atoms. The molecule has 9 heteroatoms. The van der Waals surface area contributed by atoms with Gasteiger partial charge in [0.15, 0.2) is 0 Å². The highest BCUT2D eigenvalue weighted by atomic mass is 16.5. The molecule has 1 N–H and O–H groups in total. The van der Waals surface area contributed by atoms with Gasteiger partial charge in [-0.15, -0.1) is 0 Å². The summed E-state index contributed by atoms with van der Waals surface area (Å²) in [6.45, 7) is 1.25. The first-order valence-electron chi connectivity index (χ1n) is 11.1. The second-order valence-electron chi connectivity index (χ2n) is 8.03. The van der Waals surface area contributed by atoms with Gasteiger partial charge in [0.1, 0.15) is 28.6 Å². The van der Waals surface area contributed by atoms with Crippen LogP contribution in [0.4, 0.5) is 5.69 Å². The molecule has 0 saturated carbocycles. The Bertz CT molecular complexity index is 1450. The number of esters is 1. The summed E-state index contributed by atoms with van der Waals surface area (Å²) in [6, 6.07) is 18.2. The zero-order chi connectivity index (χ0) is 26.7. The summed E-state index contributed by atoms with van der Waals surface area (Å²) in [6.07, 6.45) is 0. The number of aliphatic hydroxyl groups is 1. The fraction of sp³-hybridized carbons (Fsp3) is 0.143. The average Bonchev–Trinajstić information content (AvgIpc) is 3.17. The second-order valence-corrected chi connectivity index (χ2v) is 8.03. The van der Waals surface area contributed by atoms with E-state index >= 15 is 0 Å². The molecule has 3 aromatic rings. The Morgan fingerprint density at radius 2 is 1.59 bits per heavy atom. The van der Waals surface area contributed by atoms with Crippen LogP contribution >= 0.6 is 0 Å². The second kappa shape index (κ2) is 10.3. The van der Waals surface area contributed by atoms with Gasteiger partial charge < -0.3 is 19.3 Å². The monoisotopic (exact) mass is 498 g/mol. The predicted octanol–water partition coefficient (Wildman–Crippen LogP) is 4.13. The molecule has 3 aromatic carbocycles. The molecule has 9 nitrogen and oxygen atoms in total. The van der Waals surface area contributed by atoms with E-state index in [4.69, 9.17) is 19.5 Å². The molecule has 37 heavy (non-hydrogen) atoms. The Balaban J connectivity index is 2.00. The topological polar surface area (TPSA) is 126 Å². The third-order valence-electron chi connectivity index (χ3n) is 5.82. The molecule has 1 heterocycles. The number of benzene rings is 3. The first-order chi connectivity index (χ1) is 17.8. The van der Waals surface area contributed by atoms with Crippen LogP contribution in [0.5, 0.6) is 17.2 Å². The maximum Gasteiger partial charge on any atom is 0.308 e. The van der Waals surface area contributed by atoms with E-state index in [1.54, 1.807) is 36.4 Å². The van der Waals surface area contributed by atoms with Crippen molar-refractivity contribution in [3.8, 4) is 23.3 Å². The molecule has 1 unspecified atom stereocenters. The van der Waals surface area contributed by atoms with Crippen molar-refractivity contribution in [1.82, 2.24) is 0 Å². The smallest absolute Gasteiger partial charge is 0.308 e. The summed E-state index contributed by atoms with van der Waals surface area (Å²) >= 11 is 0. The first-order valence-corrected chi connectivity index (χ1v) is 11.1. The number of ether oxygens (including phenoxy) is 3. The van der Waals surface area contributed by atoms with Crippen molar-refractivity contribution in [3.05, 3.63) is 89.0 Å². The Morgan fingerprint density at radius 3 is 2.16 bits per heavy atom. The number of amides is 1. The van der Waals surface area contributed by atoms with Crippen molar-refractivity contribution >= 4 is 29.1 Å². The number of carbonyl (C=O) groups is 3. The van der Waals surface area contributed by atoms with Crippen LogP contribution in [0.25, 0.3) is 5.76 Å². The minimum absolute atomic E-state index is 0.103. The fourth-order valence-corrected chi connectivity index (χ4v) is 4.24. The highest BCUT2D eigenvalue weighted by Gasteiger charge is 2.47. The average molecular weight is 498 g/mol. The molecule has 1 saturated heterocycles. The van der Waals surface area contributed by atoms with E-state index in [1.807, 2.05) is 6.07 Å². The van der Waals surface area contributed by atoms with Crippen molar-refractivity contribution < 1.29 is 33.7 Å². The normalized spacial score (nSPS) is 16.3. The lowest BCUT2D eigenvalue weighted by Gasteiger charge is -2.26. The standard InChI is InChI=1S/C28H22N2O7/c1-16(31)37-20-7-4-6-18(14-20)25-24(26(32)23-21(35-2)8-5-9-22(23)36-3)27(33)28(34)30(25)19-12-10-17(15-29)11-13-19/h4-14,25,32H,1-3H3/b26-24+. The third-order valence-corrected chi connectivity index (χ3v) is 5.82. The Hall–Kier alpha value is -5.10. The fourth-order valence-electron chi connectivity index (χ4n) is 4.24. The number of carbonyl (C=O) groups excluding carboxylic acids is 3. The van der Waals surface area contributed by atoms with Gasteiger partial charge in [-0.25, -0.2) is 0 Å². The largest absolute Gasteiger partial charge is 0.506 e. The summed E-state index contributed by atoms with van der Waals surface area (Å²) in [4.78, 5) is 39.6. The van der Waals surface area contributed by atoms with Gasteiger partial charge in [0.05, 0.1) is 37.5 Å². The third kappa shape index (κ3) is 4.60. The molecular formula is C28H22N2O7. The van der Waals surface area contributed by atoms with Gasteiger partial charge in [-0.05, 0) is 54.1 Å². The molecule has 0 aromatic heterocycles. The number of hydrogen-bond acceptors (Lipinski definition) is 8. The number of rotatable bonds is 6. The molecular weight excluding hydrogens is 476 g/mol. The minimum atomic E-state index is -1.10. The zero-order valence-electron chi connectivity index (χ0n) is 20.2. The van der Waals surface area contributed by atoms with Crippen molar-refractivity contribution in [2.75, 3.05) is 19.1 Å². The van der Waals surface area contributed by atoms with E-state index in [-0.39, 0.29) is 28.4 Å². The molecule has 1 aliphatic heterocycles. The van der Waals surface area contributed by atoms with Crippen LogP contribution in [0.3, 0.4) is 0 Å². The van der Waals surface area contributed by atoms with E-state index in [2.05, 4.69) is 0 Å². The van der Waals surface area contributed by atoms with Gasteiger partial charge in [-0.2, -0.15) is 5.26 Å². The van der Waals surface area contributed by atoms with Crippen LogP contribution in [0.2, 0.25) is 0 Å². The molecule has 1 amide bonds. The van der Waals surface area contributed by atoms with Crippen molar-refractivity contribution in [1.29, 1.82) is 5.26 Å². The van der Waals surface area contributed by atoms with Crippen LogP contribution in [-0.2, 0) is 14.4 Å². The Morgan fingerprint density at radius 1 is 0.973 bits per heavy atom. The quantitative estimate of drug-likeness (QED) is 0.177. The van der Waals surface area contributed by atoms with E-state index in [0.717, 1.165) is 0 Å². The zero-order valence-corrected chi connectivity index (χ0v) is 20.2. The van der Waals surface area contributed by atoms with Gasteiger partial charge in [0.2, 0.25) is 0 Å². The van der Waals surface area contributed by atoms with Crippen LogP contribution in [0, 0.1) is 11.3 Å². The number of hydrogen-bond donors (Lipinski definition) is 1. The number of methoxy groups -OCH3 is 2. The number of anilines is 1. The molecule has 1 atom stereocenters. The molecule has 186 valence electrons. The highest BCUT2D eigenvalue weighted by Crippen LogP contribution is 2.45. The van der Waals surface area contributed by atoms with Crippen molar-refractivity contribution in [2.24, 2.45) is 0 Å². The highest BCUT2D eigenvalue weighted by molar-refractivity contribution is 6.51. The summed E-state index contributed by atoms with van der Waals surface area (Å²) in [5.74, 6) is -2.20. The van der Waals surface area contributed by atoms with E-state index in [0.29, 0.717) is 16.8 Å². The van der Waals surface area contributed by atoms with E-state index < -0.39 is 29.5 Å². The molecule has 0 radical (unpaired) electrons. The predicted molar refractivity (Wildman–Crippen MR) is 133 cm³/mol. The molecule has 0 spiro atoms. The van der Waals surface area contributed by atoms with Crippen molar-refractivity contribution in [3.63, 3.8) is 0 Å². The van der Waals surface area contributed by atoms with Crippen LogP contribution in [-0.4, -0.2) is 37.0 Å². The number of Topliss-reactive ketones (excluding diaryl/α,β-unsaturated/α-hetero) is 1. The number of ketones is 1. The Kier molecular flexibility index (Phi) is 6.93. The first kappa shape index (κ1) is 25.0. The Labute approximate surface area is 212 Å². The maximum atomic E-state index is 13.4. The summed E-state index contributed by atoms with van der Waals surface area (Å²) in [5.41, 5.74) is 0.990. The molecule has 1 fully saturated rings. The molecule has 0 aliphatic carbocycles. The summed E-state index contributed by atoms with van der Waals surface area (Å²) < 4.78 is 16.0. The van der Waals surface area contributed by atoms with Gasteiger partial charge in [0.25, 0.3) is 11.7 Å². The minimum Gasteiger partial charge on any atom is -0.506 e. The van der Waals surface area contributed by atoms with Gasteiger partial charge in [-0.1, -0.05) is 18.2 Å². The van der Waals surface area contributed by atoms with E-state index in [1.165, 1.54) is 56.4 Å². The number of nitrogens with zero attached hydrogens (tertiary/aromatic N) is 2. The molecule has 1 aliphatic rings. The summed E-state index contributed by atoms with van der Waals surface area (Å²) in [7, 11) is 2.81. The molecule has 4 rings (SSSR count). The number of nitriles is 1. The van der Waals surface area contributed by atoms with Gasteiger partial charge in [0, 0.05) is 12.6 Å². The lowest BCUT2D eigenvalue weighted by molar-refractivity contribution is -0.132. The SMILES string of the molecule is COc1cccc(OC)c1/C(O)=C1\C(=O)C(=O)N(c2ccc(C#N)cc2)C1c1cccc(OC(C)=O)c1. The van der Waals surface area contributed by atoms with Gasteiger partial charge in [-0.3, -0.25) is 19.3 Å². The van der Waals surface area contributed by atoms with E-state index in [9.17, 15) is 19.5 Å². The maximum absolute atomic E-state index is 13.4. The van der Waals surface area contributed by atoms with Crippen LogP contribution in [0.1, 0.15) is 29.7 Å². The van der Waals surface area contributed by atoms with Gasteiger partial charge >= 0.3 is 5.97 Å². The summed E-state index contributed by atoms with van der Waals surface area (Å²) in [5, 5.41) is 20.7. The van der Waals surface area contributed by atoms with Crippen LogP contribution in [0.15, 0.2) is 72.3 Å². The lowest BCUT2D eigenvalue weighted by atomic mass is 9.94. The number of aliphatic hydroxyl groups excluding tert-OH is 1.